The van der Waals surface area contributed by atoms with E-state index < -0.39 is 0 Å². The number of ether oxygens (including phenoxy) is 1. The van der Waals surface area contributed by atoms with E-state index in [1.807, 2.05) is 0 Å². The number of hydrogen-bond acceptors (Lipinski definition) is 3. The summed E-state index contributed by atoms with van der Waals surface area (Å²) in [6.07, 6.45) is 2.71. The summed E-state index contributed by atoms with van der Waals surface area (Å²) in [6.45, 7) is 1.86. The highest BCUT2D eigenvalue weighted by atomic mass is 16.5. The quantitative estimate of drug-likeness (QED) is 0.624. The van der Waals surface area contributed by atoms with Gasteiger partial charge >= 0.3 is 0 Å². The van der Waals surface area contributed by atoms with E-state index in [0.29, 0.717) is 6.04 Å². The van der Waals surface area contributed by atoms with Crippen LogP contribution in [0.3, 0.4) is 0 Å². The molecule has 3 heteroatoms. The van der Waals surface area contributed by atoms with Crippen molar-refractivity contribution in [3.8, 4) is 0 Å². The van der Waals surface area contributed by atoms with Crippen molar-refractivity contribution in [1.82, 2.24) is 10.2 Å². The fraction of sp³-hybridized carbons (Fsp3) is 1.00. The zero-order valence-electron chi connectivity index (χ0n) is 8.34. The van der Waals surface area contributed by atoms with Gasteiger partial charge in [0.25, 0.3) is 0 Å². The van der Waals surface area contributed by atoms with Gasteiger partial charge in [0.2, 0.25) is 0 Å². The molecule has 12 heavy (non-hydrogen) atoms. The van der Waals surface area contributed by atoms with E-state index in [2.05, 4.69) is 24.3 Å². The van der Waals surface area contributed by atoms with Gasteiger partial charge in [-0.15, -0.1) is 0 Å². The van der Waals surface area contributed by atoms with E-state index in [0.717, 1.165) is 19.2 Å². The van der Waals surface area contributed by atoms with Crippen LogP contribution < -0.4 is 5.32 Å². The van der Waals surface area contributed by atoms with Crippen molar-refractivity contribution in [2.75, 3.05) is 34.4 Å². The van der Waals surface area contributed by atoms with Crippen LogP contribution in [0.15, 0.2) is 0 Å². The maximum absolute atomic E-state index is 5.14. The van der Waals surface area contributed by atoms with Crippen molar-refractivity contribution in [2.45, 2.75) is 24.9 Å². The van der Waals surface area contributed by atoms with Crippen LogP contribution in [0.25, 0.3) is 0 Å². The third kappa shape index (κ3) is 3.52. The molecule has 1 aliphatic carbocycles. The van der Waals surface area contributed by atoms with Crippen molar-refractivity contribution < 1.29 is 4.74 Å². The molecular weight excluding hydrogens is 152 g/mol. The molecule has 1 N–H and O–H groups in total. The molecule has 0 aromatic rings. The van der Waals surface area contributed by atoms with E-state index in [4.69, 9.17) is 4.74 Å². The van der Waals surface area contributed by atoms with Crippen molar-refractivity contribution in [3.05, 3.63) is 0 Å². The highest BCUT2D eigenvalue weighted by molar-refractivity contribution is 4.83. The second kappa shape index (κ2) is 4.80. The largest absolute Gasteiger partial charge is 0.383 e. The number of methoxy groups -OCH3 is 1. The van der Waals surface area contributed by atoms with Gasteiger partial charge in [0, 0.05) is 25.7 Å². The number of rotatable bonds is 6. The highest BCUT2D eigenvalue weighted by Gasteiger charge is 2.22. The molecule has 0 aromatic heterocycles. The van der Waals surface area contributed by atoms with Gasteiger partial charge in [-0.1, -0.05) is 0 Å². The molecule has 0 amide bonds. The summed E-state index contributed by atoms with van der Waals surface area (Å²) in [4.78, 5) is 2.21. The summed E-state index contributed by atoms with van der Waals surface area (Å²) in [5.41, 5.74) is 0. The van der Waals surface area contributed by atoms with Crippen LogP contribution in [0, 0.1) is 0 Å². The Kier molecular flexibility index (Phi) is 3.98. The second-order valence-electron chi connectivity index (χ2n) is 3.76. The SMILES string of the molecule is COCC(CNC1CC1)N(C)C. The minimum atomic E-state index is 0.510. The predicted octanol–water partition coefficient (Wildman–Crippen LogP) is 0.315. The Morgan fingerprint density at radius 3 is 2.58 bits per heavy atom. The smallest absolute Gasteiger partial charge is 0.0630 e. The molecule has 1 fully saturated rings. The van der Waals surface area contributed by atoms with Crippen LogP contribution in [0.4, 0.5) is 0 Å². The predicted molar refractivity (Wildman–Crippen MR) is 50.4 cm³/mol. The Bertz CT molecular complexity index is 124. The molecule has 1 unspecified atom stereocenters. The summed E-state index contributed by atoms with van der Waals surface area (Å²) in [5, 5.41) is 3.50. The summed E-state index contributed by atoms with van der Waals surface area (Å²) in [6, 6.07) is 1.31. The first-order valence-corrected chi connectivity index (χ1v) is 4.62. The molecule has 0 aromatic carbocycles. The van der Waals surface area contributed by atoms with Gasteiger partial charge in [0.15, 0.2) is 0 Å². The molecule has 0 spiro atoms. The summed E-state index contributed by atoms with van der Waals surface area (Å²) >= 11 is 0. The molecule has 3 nitrogen and oxygen atoms in total. The van der Waals surface area contributed by atoms with Gasteiger partial charge in [0.1, 0.15) is 0 Å². The van der Waals surface area contributed by atoms with E-state index >= 15 is 0 Å². The molecule has 72 valence electrons. The number of hydrogen-bond donors (Lipinski definition) is 1. The molecule has 1 aliphatic rings. The van der Waals surface area contributed by atoms with Gasteiger partial charge in [-0.05, 0) is 26.9 Å². The van der Waals surface area contributed by atoms with Crippen LogP contribution in [0.2, 0.25) is 0 Å². The average molecular weight is 172 g/mol. The highest BCUT2D eigenvalue weighted by Crippen LogP contribution is 2.18. The average Bonchev–Trinajstić information content (AvgIpc) is 2.80. The van der Waals surface area contributed by atoms with Gasteiger partial charge in [0.05, 0.1) is 6.61 Å². The van der Waals surface area contributed by atoms with Gasteiger partial charge < -0.3 is 15.0 Å². The fourth-order valence-corrected chi connectivity index (χ4v) is 1.17. The molecule has 0 aliphatic heterocycles. The zero-order valence-corrected chi connectivity index (χ0v) is 8.34. The number of nitrogens with zero attached hydrogens (tertiary/aromatic N) is 1. The maximum Gasteiger partial charge on any atom is 0.0630 e. The van der Waals surface area contributed by atoms with Crippen LogP contribution in [0.1, 0.15) is 12.8 Å². The van der Waals surface area contributed by atoms with E-state index in [-0.39, 0.29) is 0 Å². The lowest BCUT2D eigenvalue weighted by Gasteiger charge is -2.23. The molecule has 0 heterocycles. The minimum Gasteiger partial charge on any atom is -0.383 e. The Balaban J connectivity index is 2.11. The fourth-order valence-electron chi connectivity index (χ4n) is 1.17. The Morgan fingerprint density at radius 1 is 1.50 bits per heavy atom. The normalized spacial score (nSPS) is 20.0. The van der Waals surface area contributed by atoms with Crippen molar-refractivity contribution >= 4 is 0 Å². The summed E-state index contributed by atoms with van der Waals surface area (Å²) in [5.74, 6) is 0. The van der Waals surface area contributed by atoms with Gasteiger partial charge in [-0.2, -0.15) is 0 Å². The molecule has 0 radical (unpaired) electrons. The first-order valence-electron chi connectivity index (χ1n) is 4.62. The number of likely N-dealkylation sites (N-methyl/N-ethyl adjacent to an activating group) is 1. The van der Waals surface area contributed by atoms with Gasteiger partial charge in [-0.25, -0.2) is 0 Å². The minimum absolute atomic E-state index is 0.510. The second-order valence-corrected chi connectivity index (χ2v) is 3.76. The summed E-state index contributed by atoms with van der Waals surface area (Å²) in [7, 11) is 5.95. The van der Waals surface area contributed by atoms with Crippen molar-refractivity contribution in [2.24, 2.45) is 0 Å². The first kappa shape index (κ1) is 9.96. The van der Waals surface area contributed by atoms with Gasteiger partial charge in [-0.3, -0.25) is 0 Å². The van der Waals surface area contributed by atoms with Crippen molar-refractivity contribution in [3.63, 3.8) is 0 Å². The third-order valence-corrected chi connectivity index (χ3v) is 2.31. The molecular formula is C9H20N2O. The lowest BCUT2D eigenvalue weighted by atomic mass is 10.3. The topological polar surface area (TPSA) is 24.5 Å². The molecule has 0 saturated heterocycles. The zero-order chi connectivity index (χ0) is 8.97. The number of nitrogens with one attached hydrogen (secondary N) is 1. The standard InChI is InChI=1S/C9H20N2O/c1-11(2)9(7-12-3)6-10-8-4-5-8/h8-10H,4-7H2,1-3H3. The van der Waals surface area contributed by atoms with Crippen LogP contribution in [0.5, 0.6) is 0 Å². The Labute approximate surface area is 75.1 Å². The molecule has 0 bridgehead atoms. The van der Waals surface area contributed by atoms with Crippen molar-refractivity contribution in [1.29, 1.82) is 0 Å². The Morgan fingerprint density at radius 2 is 2.17 bits per heavy atom. The van der Waals surface area contributed by atoms with Crippen LogP contribution in [-0.4, -0.2) is 51.3 Å². The Hall–Kier alpha value is -0.120. The molecule has 1 atom stereocenters. The maximum atomic E-state index is 5.14. The molecule has 1 saturated carbocycles. The van der Waals surface area contributed by atoms with E-state index in [9.17, 15) is 0 Å². The van der Waals surface area contributed by atoms with E-state index in [1.54, 1.807) is 7.11 Å². The lowest BCUT2D eigenvalue weighted by molar-refractivity contribution is 0.119. The molecule has 1 rings (SSSR count). The van der Waals surface area contributed by atoms with Crippen LogP contribution >= 0.6 is 0 Å². The first-order chi connectivity index (χ1) is 5.74. The summed E-state index contributed by atoms with van der Waals surface area (Å²) < 4.78 is 5.14. The lowest BCUT2D eigenvalue weighted by Crippen LogP contribution is -2.41. The third-order valence-electron chi connectivity index (χ3n) is 2.31. The monoisotopic (exact) mass is 172 g/mol. The van der Waals surface area contributed by atoms with Crippen LogP contribution in [-0.2, 0) is 4.74 Å². The van der Waals surface area contributed by atoms with E-state index in [1.165, 1.54) is 12.8 Å².